The third-order valence-electron chi connectivity index (χ3n) is 2.65. The van der Waals surface area contributed by atoms with Crippen LogP contribution < -0.4 is 5.32 Å². The van der Waals surface area contributed by atoms with E-state index in [2.05, 4.69) is 5.32 Å². The van der Waals surface area contributed by atoms with Crippen molar-refractivity contribution < 1.29 is 18.7 Å². The molecule has 1 saturated heterocycles. The number of esters is 1. The fourth-order valence-corrected chi connectivity index (χ4v) is 1.59. The van der Waals surface area contributed by atoms with Crippen LogP contribution in [-0.2, 0) is 9.53 Å². The molecule has 0 saturated carbocycles. The molecule has 2 rings (SSSR count). The Morgan fingerprint density at radius 2 is 2.00 bits per heavy atom. The van der Waals surface area contributed by atoms with Crippen molar-refractivity contribution in [2.75, 3.05) is 13.2 Å². The molecule has 1 aromatic carbocycles. The van der Waals surface area contributed by atoms with Crippen LogP contribution in [-0.4, -0.2) is 30.4 Å². The molecule has 1 fully saturated rings. The van der Waals surface area contributed by atoms with Crippen LogP contribution in [0.4, 0.5) is 4.39 Å². The number of Topliss-reactive ketones (excluding diaryl/α,β-unsaturated/α-hetero) is 1. The number of halogens is 1. The second-order valence-corrected chi connectivity index (χ2v) is 3.82. The molecule has 1 heterocycles. The lowest BCUT2D eigenvalue weighted by atomic mass is 9.97. The Labute approximate surface area is 97.8 Å². The van der Waals surface area contributed by atoms with Crippen LogP contribution in [0.15, 0.2) is 24.3 Å². The SMILES string of the molecule is CCOC(=O)[C@@]1(C(=O)c2ccc(F)cc2)CN1. The highest BCUT2D eigenvalue weighted by Crippen LogP contribution is 2.24. The molecule has 1 atom stereocenters. The second kappa shape index (κ2) is 4.25. The largest absolute Gasteiger partial charge is 0.464 e. The van der Waals surface area contributed by atoms with Crippen molar-refractivity contribution in [3.8, 4) is 0 Å². The zero-order chi connectivity index (χ0) is 12.5. The zero-order valence-electron chi connectivity index (χ0n) is 9.33. The van der Waals surface area contributed by atoms with E-state index in [-0.39, 0.29) is 18.9 Å². The predicted molar refractivity (Wildman–Crippen MR) is 58.1 cm³/mol. The number of hydrogen-bond donors (Lipinski definition) is 1. The predicted octanol–water partition coefficient (Wildman–Crippen LogP) is 0.913. The van der Waals surface area contributed by atoms with E-state index in [1.807, 2.05) is 0 Å². The van der Waals surface area contributed by atoms with Crippen LogP contribution in [0.25, 0.3) is 0 Å². The summed E-state index contributed by atoms with van der Waals surface area (Å²) in [4.78, 5) is 23.7. The van der Waals surface area contributed by atoms with Gasteiger partial charge in [0.1, 0.15) is 5.82 Å². The first-order valence-electron chi connectivity index (χ1n) is 5.33. The second-order valence-electron chi connectivity index (χ2n) is 3.82. The number of rotatable bonds is 4. The van der Waals surface area contributed by atoms with Crippen LogP contribution in [0.5, 0.6) is 0 Å². The van der Waals surface area contributed by atoms with Gasteiger partial charge in [0.15, 0.2) is 11.3 Å². The number of carbonyl (C=O) groups excluding carboxylic acids is 2. The maximum atomic E-state index is 12.7. The minimum absolute atomic E-state index is 0.221. The van der Waals surface area contributed by atoms with E-state index < -0.39 is 17.3 Å². The topological polar surface area (TPSA) is 65.3 Å². The van der Waals surface area contributed by atoms with Gasteiger partial charge in [0.2, 0.25) is 0 Å². The van der Waals surface area contributed by atoms with Gasteiger partial charge in [-0.05, 0) is 31.2 Å². The number of benzene rings is 1. The van der Waals surface area contributed by atoms with Crippen LogP contribution in [0.2, 0.25) is 0 Å². The maximum Gasteiger partial charge on any atom is 0.335 e. The molecule has 0 unspecified atom stereocenters. The highest BCUT2D eigenvalue weighted by Gasteiger charge is 2.57. The Bertz CT molecular complexity index is 451. The zero-order valence-corrected chi connectivity index (χ0v) is 9.33. The summed E-state index contributed by atoms with van der Waals surface area (Å²) in [5.74, 6) is -1.37. The third-order valence-corrected chi connectivity index (χ3v) is 2.65. The summed E-state index contributed by atoms with van der Waals surface area (Å²) in [6.45, 7) is 2.16. The first-order chi connectivity index (χ1) is 8.10. The summed E-state index contributed by atoms with van der Waals surface area (Å²) in [5.41, 5.74) is -0.960. The minimum Gasteiger partial charge on any atom is -0.464 e. The molecule has 0 bridgehead atoms. The Balaban J connectivity index is 2.20. The van der Waals surface area contributed by atoms with Crippen molar-refractivity contribution in [1.29, 1.82) is 0 Å². The summed E-state index contributed by atoms with van der Waals surface area (Å²) in [6.07, 6.45) is 0. The molecular weight excluding hydrogens is 225 g/mol. The van der Waals surface area contributed by atoms with Crippen molar-refractivity contribution in [2.45, 2.75) is 12.5 Å². The highest BCUT2D eigenvalue weighted by atomic mass is 19.1. The number of ether oxygens (including phenoxy) is 1. The summed E-state index contributed by atoms with van der Waals surface area (Å²) in [6, 6.07) is 5.10. The number of hydrogen-bond acceptors (Lipinski definition) is 4. The fourth-order valence-electron chi connectivity index (χ4n) is 1.59. The fraction of sp³-hybridized carbons (Fsp3) is 0.333. The highest BCUT2D eigenvalue weighted by molar-refractivity contribution is 6.19. The smallest absolute Gasteiger partial charge is 0.335 e. The average molecular weight is 237 g/mol. The number of carbonyl (C=O) groups is 2. The molecule has 0 aromatic heterocycles. The number of ketones is 1. The van der Waals surface area contributed by atoms with E-state index in [1.165, 1.54) is 24.3 Å². The quantitative estimate of drug-likeness (QED) is 0.366. The lowest BCUT2D eigenvalue weighted by Crippen LogP contribution is -2.38. The Morgan fingerprint density at radius 1 is 1.41 bits per heavy atom. The Hall–Kier alpha value is -1.75. The minimum atomic E-state index is -1.26. The van der Waals surface area contributed by atoms with E-state index in [0.717, 1.165) is 0 Å². The van der Waals surface area contributed by atoms with Crippen molar-refractivity contribution in [3.05, 3.63) is 35.6 Å². The average Bonchev–Trinajstić information content (AvgIpc) is 3.11. The molecule has 1 aliphatic rings. The van der Waals surface area contributed by atoms with Gasteiger partial charge in [0, 0.05) is 12.1 Å². The van der Waals surface area contributed by atoms with Gasteiger partial charge in [-0.15, -0.1) is 0 Å². The van der Waals surface area contributed by atoms with Crippen LogP contribution in [0.1, 0.15) is 17.3 Å². The van der Waals surface area contributed by atoms with E-state index in [1.54, 1.807) is 6.92 Å². The van der Waals surface area contributed by atoms with Crippen molar-refractivity contribution >= 4 is 11.8 Å². The molecule has 0 amide bonds. The monoisotopic (exact) mass is 237 g/mol. The van der Waals surface area contributed by atoms with Crippen molar-refractivity contribution in [3.63, 3.8) is 0 Å². The summed E-state index contributed by atoms with van der Waals surface area (Å²) in [7, 11) is 0. The first-order valence-corrected chi connectivity index (χ1v) is 5.33. The molecule has 90 valence electrons. The molecule has 1 aromatic rings. The summed E-state index contributed by atoms with van der Waals surface area (Å²) < 4.78 is 17.6. The molecule has 0 spiro atoms. The molecule has 5 heteroatoms. The van der Waals surface area contributed by atoms with Crippen LogP contribution in [0, 0.1) is 5.82 Å². The van der Waals surface area contributed by atoms with Gasteiger partial charge in [-0.3, -0.25) is 10.1 Å². The Morgan fingerprint density at radius 3 is 2.47 bits per heavy atom. The normalized spacial score (nSPS) is 22.0. The molecule has 0 aliphatic carbocycles. The first kappa shape index (κ1) is 11.7. The van der Waals surface area contributed by atoms with Gasteiger partial charge in [0.05, 0.1) is 6.61 Å². The third kappa shape index (κ3) is 2.06. The maximum absolute atomic E-state index is 12.7. The lowest BCUT2D eigenvalue weighted by Gasteiger charge is -2.11. The van der Waals surface area contributed by atoms with E-state index in [9.17, 15) is 14.0 Å². The van der Waals surface area contributed by atoms with Gasteiger partial charge >= 0.3 is 5.97 Å². The standard InChI is InChI=1S/C12H12FNO3/c1-2-17-11(16)12(7-14-12)10(15)8-3-5-9(13)6-4-8/h3-6,14H,2,7H2,1H3/t12-/m0/s1. The van der Waals surface area contributed by atoms with Crippen LogP contribution >= 0.6 is 0 Å². The molecule has 4 nitrogen and oxygen atoms in total. The number of nitrogens with one attached hydrogen (secondary N) is 1. The summed E-state index contributed by atoms with van der Waals surface area (Å²) in [5, 5.41) is 2.73. The van der Waals surface area contributed by atoms with Gasteiger partial charge in [-0.1, -0.05) is 0 Å². The van der Waals surface area contributed by atoms with Crippen molar-refractivity contribution in [2.24, 2.45) is 0 Å². The van der Waals surface area contributed by atoms with E-state index >= 15 is 0 Å². The lowest BCUT2D eigenvalue weighted by molar-refractivity contribution is -0.144. The summed E-state index contributed by atoms with van der Waals surface area (Å²) >= 11 is 0. The molecule has 1 aliphatic heterocycles. The van der Waals surface area contributed by atoms with Gasteiger partial charge < -0.3 is 4.74 Å². The van der Waals surface area contributed by atoms with Gasteiger partial charge in [-0.25, -0.2) is 9.18 Å². The van der Waals surface area contributed by atoms with E-state index in [4.69, 9.17) is 4.74 Å². The van der Waals surface area contributed by atoms with Gasteiger partial charge in [-0.2, -0.15) is 0 Å². The molecular formula is C12H12FNO3. The molecule has 0 radical (unpaired) electrons. The Kier molecular flexibility index (Phi) is 2.93. The van der Waals surface area contributed by atoms with Crippen molar-refractivity contribution in [1.82, 2.24) is 5.32 Å². The van der Waals surface area contributed by atoms with E-state index in [0.29, 0.717) is 5.56 Å². The molecule has 1 N–H and O–H groups in total. The van der Waals surface area contributed by atoms with Gasteiger partial charge in [0.25, 0.3) is 0 Å². The molecule has 17 heavy (non-hydrogen) atoms. The van der Waals surface area contributed by atoms with Crippen LogP contribution in [0.3, 0.4) is 0 Å².